The number of aromatic nitrogens is 2. The van der Waals surface area contributed by atoms with E-state index in [4.69, 9.17) is 11.6 Å². The summed E-state index contributed by atoms with van der Waals surface area (Å²) >= 11 is 6.40. The summed E-state index contributed by atoms with van der Waals surface area (Å²) in [6, 6.07) is 8.52. The average Bonchev–Trinajstić information content (AvgIpc) is 2.80. The average molecular weight is 278 g/mol. The highest BCUT2D eigenvalue weighted by molar-refractivity contribution is 6.32. The molecule has 1 atom stereocenters. The Balaban J connectivity index is 2.12. The van der Waals surface area contributed by atoms with Gasteiger partial charge in [0.15, 0.2) is 0 Å². The maximum atomic E-state index is 6.40. The van der Waals surface area contributed by atoms with Gasteiger partial charge in [-0.2, -0.15) is 5.10 Å². The number of nitrogens with zero attached hydrogens (tertiary/aromatic N) is 2. The largest absolute Gasteiger partial charge is 0.313 e. The van der Waals surface area contributed by atoms with E-state index in [-0.39, 0.29) is 6.04 Å². The summed E-state index contributed by atoms with van der Waals surface area (Å²) in [5.74, 6) is 0. The topological polar surface area (TPSA) is 29.9 Å². The minimum atomic E-state index is 0.266. The van der Waals surface area contributed by atoms with Gasteiger partial charge in [0.25, 0.3) is 0 Å². The monoisotopic (exact) mass is 277 g/mol. The van der Waals surface area contributed by atoms with Crippen LogP contribution < -0.4 is 5.32 Å². The molecule has 102 valence electrons. The Labute approximate surface area is 119 Å². The molecule has 0 fully saturated rings. The van der Waals surface area contributed by atoms with Crippen LogP contribution in [0.5, 0.6) is 0 Å². The Morgan fingerprint density at radius 1 is 1.37 bits per heavy atom. The third-order valence-corrected chi connectivity index (χ3v) is 4.07. The Bertz CT molecular complexity index is 548. The molecule has 1 N–H and O–H groups in total. The zero-order chi connectivity index (χ0) is 13.8. The summed E-state index contributed by atoms with van der Waals surface area (Å²) in [5.41, 5.74) is 3.54. The molecule has 0 amide bonds. The lowest BCUT2D eigenvalue weighted by molar-refractivity contribution is 0.535. The van der Waals surface area contributed by atoms with Gasteiger partial charge < -0.3 is 5.32 Å². The summed E-state index contributed by atoms with van der Waals surface area (Å²) in [6.07, 6.45) is 3.81. The number of hydrogen-bond acceptors (Lipinski definition) is 2. The molecule has 0 bridgehead atoms. The number of aryl methyl sites for hydroxylation is 3. The van der Waals surface area contributed by atoms with Crippen molar-refractivity contribution < 1.29 is 0 Å². The second-order valence-corrected chi connectivity index (χ2v) is 5.18. The second-order valence-electron chi connectivity index (χ2n) is 4.80. The first kappa shape index (κ1) is 14.1. The van der Waals surface area contributed by atoms with Crippen molar-refractivity contribution in [3.8, 4) is 0 Å². The molecule has 0 saturated heterocycles. The van der Waals surface area contributed by atoms with Crippen LogP contribution in [0.3, 0.4) is 0 Å². The van der Waals surface area contributed by atoms with Crippen molar-refractivity contribution >= 4 is 11.6 Å². The Morgan fingerprint density at radius 3 is 2.79 bits per heavy atom. The highest BCUT2D eigenvalue weighted by atomic mass is 35.5. The predicted molar refractivity (Wildman–Crippen MR) is 79.5 cm³/mol. The van der Waals surface area contributed by atoms with Crippen LogP contribution in [0.4, 0.5) is 0 Å². The molecule has 3 nitrogen and oxygen atoms in total. The van der Waals surface area contributed by atoms with Gasteiger partial charge in [-0.15, -0.1) is 0 Å². The predicted octanol–water partition coefficient (Wildman–Crippen LogP) is 3.28. The van der Waals surface area contributed by atoms with Gasteiger partial charge in [-0.05, 0) is 44.0 Å². The van der Waals surface area contributed by atoms with Crippen LogP contribution in [0, 0.1) is 6.92 Å². The van der Waals surface area contributed by atoms with Gasteiger partial charge in [-0.25, -0.2) is 0 Å². The Morgan fingerprint density at radius 2 is 2.16 bits per heavy atom. The van der Waals surface area contributed by atoms with Crippen LogP contribution in [0.1, 0.15) is 29.3 Å². The lowest BCUT2D eigenvalue weighted by Gasteiger charge is -2.19. The minimum Gasteiger partial charge on any atom is -0.313 e. The van der Waals surface area contributed by atoms with E-state index in [1.54, 1.807) is 0 Å². The van der Waals surface area contributed by atoms with Crippen molar-refractivity contribution in [2.45, 2.75) is 25.8 Å². The molecule has 0 aliphatic rings. The number of rotatable bonds is 5. The maximum absolute atomic E-state index is 6.40. The van der Waals surface area contributed by atoms with Crippen molar-refractivity contribution in [2.24, 2.45) is 7.05 Å². The number of halogens is 1. The molecule has 4 heteroatoms. The molecule has 2 rings (SSSR count). The van der Waals surface area contributed by atoms with Crippen molar-refractivity contribution in [1.82, 2.24) is 15.1 Å². The van der Waals surface area contributed by atoms with E-state index in [2.05, 4.69) is 28.6 Å². The van der Waals surface area contributed by atoms with Gasteiger partial charge in [-0.3, -0.25) is 4.68 Å². The first-order valence-corrected chi connectivity index (χ1v) is 6.90. The molecule has 0 aliphatic carbocycles. The first-order chi connectivity index (χ1) is 9.13. The molecular weight excluding hydrogens is 258 g/mol. The molecule has 0 radical (unpaired) electrons. The van der Waals surface area contributed by atoms with Crippen molar-refractivity contribution in [3.05, 3.63) is 52.3 Å². The number of benzene rings is 1. The third-order valence-electron chi connectivity index (χ3n) is 3.56. The molecule has 0 aliphatic heterocycles. The molecule has 19 heavy (non-hydrogen) atoms. The van der Waals surface area contributed by atoms with E-state index in [9.17, 15) is 0 Å². The van der Waals surface area contributed by atoms with Crippen LogP contribution in [-0.4, -0.2) is 16.8 Å². The summed E-state index contributed by atoms with van der Waals surface area (Å²) in [7, 11) is 3.95. The van der Waals surface area contributed by atoms with Crippen LogP contribution in [0.15, 0.2) is 30.5 Å². The molecule has 0 spiro atoms. The molecule has 2 aromatic rings. The van der Waals surface area contributed by atoms with Crippen LogP contribution in [0.25, 0.3) is 0 Å². The lowest BCUT2D eigenvalue weighted by Crippen LogP contribution is -2.18. The number of hydrogen-bond donors (Lipinski definition) is 1. The molecular formula is C15H20ClN3. The van der Waals surface area contributed by atoms with E-state index in [1.807, 2.05) is 38.0 Å². The van der Waals surface area contributed by atoms with Crippen LogP contribution in [-0.2, 0) is 13.5 Å². The zero-order valence-electron chi connectivity index (χ0n) is 11.7. The summed E-state index contributed by atoms with van der Waals surface area (Å²) in [6.45, 7) is 2.04. The first-order valence-electron chi connectivity index (χ1n) is 6.52. The van der Waals surface area contributed by atoms with Gasteiger partial charge in [0.1, 0.15) is 0 Å². The van der Waals surface area contributed by atoms with Gasteiger partial charge in [0, 0.05) is 30.0 Å². The molecule has 1 unspecified atom stereocenters. The standard InChI is InChI=1S/C15H20ClN3/c1-11-5-4-6-13(15(11)16)14(17-2)8-7-12-9-10-18-19(12)3/h4-6,9-10,14,17H,7-8H2,1-3H3. The van der Waals surface area contributed by atoms with Gasteiger partial charge in [0.2, 0.25) is 0 Å². The molecule has 1 aromatic heterocycles. The molecule has 1 heterocycles. The van der Waals surface area contributed by atoms with E-state index in [1.165, 1.54) is 11.3 Å². The highest BCUT2D eigenvalue weighted by Crippen LogP contribution is 2.28. The number of nitrogens with one attached hydrogen (secondary N) is 1. The summed E-state index contributed by atoms with van der Waals surface area (Å²) in [5, 5.41) is 8.42. The van der Waals surface area contributed by atoms with Crippen LogP contribution in [0.2, 0.25) is 5.02 Å². The van der Waals surface area contributed by atoms with Crippen LogP contribution >= 0.6 is 11.6 Å². The Hall–Kier alpha value is -1.32. The fraction of sp³-hybridized carbons (Fsp3) is 0.400. The maximum Gasteiger partial charge on any atom is 0.0492 e. The van der Waals surface area contributed by atoms with Crippen molar-refractivity contribution in [3.63, 3.8) is 0 Å². The summed E-state index contributed by atoms with van der Waals surface area (Å²) < 4.78 is 1.92. The molecule has 1 aromatic carbocycles. The fourth-order valence-electron chi connectivity index (χ4n) is 2.33. The van der Waals surface area contributed by atoms with Gasteiger partial charge in [0.05, 0.1) is 0 Å². The Kier molecular flexibility index (Phi) is 4.61. The van der Waals surface area contributed by atoms with Gasteiger partial charge in [-0.1, -0.05) is 29.8 Å². The van der Waals surface area contributed by atoms with E-state index >= 15 is 0 Å². The van der Waals surface area contributed by atoms with Gasteiger partial charge >= 0.3 is 0 Å². The summed E-state index contributed by atoms with van der Waals surface area (Å²) in [4.78, 5) is 0. The smallest absolute Gasteiger partial charge is 0.0492 e. The fourth-order valence-corrected chi connectivity index (χ4v) is 2.59. The van der Waals surface area contributed by atoms with Crippen molar-refractivity contribution in [2.75, 3.05) is 7.05 Å². The van der Waals surface area contributed by atoms with Crippen molar-refractivity contribution in [1.29, 1.82) is 0 Å². The second kappa shape index (κ2) is 6.22. The van der Waals surface area contributed by atoms with E-state index in [0.29, 0.717) is 0 Å². The molecule has 0 saturated carbocycles. The minimum absolute atomic E-state index is 0.266. The highest BCUT2D eigenvalue weighted by Gasteiger charge is 2.14. The SMILES string of the molecule is CNC(CCc1ccnn1C)c1cccc(C)c1Cl. The zero-order valence-corrected chi connectivity index (χ0v) is 12.4. The quantitative estimate of drug-likeness (QED) is 0.909. The third kappa shape index (κ3) is 3.17. The lowest BCUT2D eigenvalue weighted by atomic mass is 9.99. The van der Waals surface area contributed by atoms with E-state index < -0.39 is 0 Å². The van der Waals surface area contributed by atoms with E-state index in [0.717, 1.165) is 23.4 Å². The normalized spacial score (nSPS) is 12.6.